The molecule has 0 amide bonds. The van der Waals surface area contributed by atoms with Crippen LogP contribution in [-0.2, 0) is 0 Å². The Bertz CT molecular complexity index is 431. The van der Waals surface area contributed by atoms with Crippen molar-refractivity contribution in [1.29, 1.82) is 0 Å². The standard InChI is InChI=1S/C12H15ClN2O2/c13-10-6-9(12(14)15-16)4-5-11(10)17-7-8-2-1-3-8/h4-6,8,16H,1-3,7H2,(H2,14,15). The molecule has 0 saturated heterocycles. The summed E-state index contributed by atoms with van der Waals surface area (Å²) in [5, 5.41) is 12.0. The van der Waals surface area contributed by atoms with Crippen LogP contribution >= 0.6 is 11.6 Å². The first-order valence-corrected chi connectivity index (χ1v) is 5.98. The van der Waals surface area contributed by atoms with E-state index >= 15 is 0 Å². The molecule has 5 heteroatoms. The number of oxime groups is 1. The van der Waals surface area contributed by atoms with Gasteiger partial charge in [0.25, 0.3) is 0 Å². The Morgan fingerprint density at radius 3 is 2.82 bits per heavy atom. The van der Waals surface area contributed by atoms with E-state index in [1.807, 2.05) is 0 Å². The summed E-state index contributed by atoms with van der Waals surface area (Å²) in [5.41, 5.74) is 6.04. The Kier molecular flexibility index (Phi) is 3.74. The molecule has 0 aliphatic heterocycles. The zero-order chi connectivity index (χ0) is 12.3. The summed E-state index contributed by atoms with van der Waals surface area (Å²) in [4.78, 5) is 0. The Morgan fingerprint density at radius 2 is 2.29 bits per heavy atom. The molecule has 1 aliphatic rings. The minimum absolute atomic E-state index is 0.0393. The maximum atomic E-state index is 8.55. The van der Waals surface area contributed by atoms with Crippen molar-refractivity contribution in [2.45, 2.75) is 19.3 Å². The molecule has 0 aromatic heterocycles. The number of ether oxygens (including phenoxy) is 1. The number of halogens is 1. The average Bonchev–Trinajstić information content (AvgIpc) is 2.28. The normalized spacial score (nSPS) is 16.6. The Morgan fingerprint density at radius 1 is 1.53 bits per heavy atom. The number of amidine groups is 1. The highest BCUT2D eigenvalue weighted by Gasteiger charge is 2.18. The lowest BCUT2D eigenvalue weighted by atomic mass is 9.86. The SMILES string of the molecule is NC(=NO)c1ccc(OCC2CCC2)c(Cl)c1. The van der Waals surface area contributed by atoms with E-state index in [9.17, 15) is 0 Å². The van der Waals surface area contributed by atoms with E-state index in [1.54, 1.807) is 18.2 Å². The number of rotatable bonds is 4. The average molecular weight is 255 g/mol. The van der Waals surface area contributed by atoms with E-state index in [2.05, 4.69) is 5.16 Å². The molecule has 0 unspecified atom stereocenters. The number of hydrogen-bond donors (Lipinski definition) is 2. The Balaban J connectivity index is 2.03. The van der Waals surface area contributed by atoms with Crippen molar-refractivity contribution in [3.63, 3.8) is 0 Å². The van der Waals surface area contributed by atoms with Crippen molar-refractivity contribution in [3.05, 3.63) is 28.8 Å². The molecule has 1 aliphatic carbocycles. The van der Waals surface area contributed by atoms with Gasteiger partial charge in [-0.05, 0) is 37.0 Å². The second kappa shape index (κ2) is 5.27. The van der Waals surface area contributed by atoms with E-state index < -0.39 is 0 Å². The van der Waals surface area contributed by atoms with Gasteiger partial charge in [-0.2, -0.15) is 0 Å². The van der Waals surface area contributed by atoms with E-state index in [0.29, 0.717) is 28.9 Å². The number of benzene rings is 1. The number of nitrogens with two attached hydrogens (primary N) is 1. The van der Waals surface area contributed by atoms with Crippen LogP contribution in [0.2, 0.25) is 5.02 Å². The van der Waals surface area contributed by atoms with Crippen molar-refractivity contribution in [3.8, 4) is 5.75 Å². The van der Waals surface area contributed by atoms with Gasteiger partial charge in [0.1, 0.15) is 5.75 Å². The second-order valence-electron chi connectivity index (χ2n) is 4.24. The van der Waals surface area contributed by atoms with Crippen molar-refractivity contribution < 1.29 is 9.94 Å². The fraction of sp³-hybridized carbons (Fsp3) is 0.417. The van der Waals surface area contributed by atoms with Gasteiger partial charge in [-0.1, -0.05) is 23.2 Å². The molecule has 0 bridgehead atoms. The largest absolute Gasteiger partial charge is 0.492 e. The van der Waals surface area contributed by atoms with Gasteiger partial charge < -0.3 is 15.7 Å². The molecule has 0 spiro atoms. The van der Waals surface area contributed by atoms with Crippen LogP contribution in [0.25, 0.3) is 0 Å². The molecule has 1 aromatic carbocycles. The number of hydrogen-bond acceptors (Lipinski definition) is 3. The lowest BCUT2D eigenvalue weighted by molar-refractivity contribution is 0.180. The summed E-state index contributed by atoms with van der Waals surface area (Å²) >= 11 is 6.06. The van der Waals surface area contributed by atoms with Crippen LogP contribution in [0.3, 0.4) is 0 Å². The van der Waals surface area contributed by atoms with Gasteiger partial charge in [-0.3, -0.25) is 0 Å². The predicted octanol–water partition coefficient (Wildman–Crippen LogP) is 2.61. The Labute approximate surface area is 105 Å². The fourth-order valence-electron chi connectivity index (χ4n) is 1.70. The summed E-state index contributed by atoms with van der Waals surface area (Å²) in [6, 6.07) is 5.10. The number of nitrogens with zero attached hydrogens (tertiary/aromatic N) is 1. The monoisotopic (exact) mass is 254 g/mol. The lowest BCUT2D eigenvalue weighted by Gasteiger charge is -2.25. The molecule has 4 nitrogen and oxygen atoms in total. The van der Waals surface area contributed by atoms with Gasteiger partial charge in [0, 0.05) is 5.56 Å². The van der Waals surface area contributed by atoms with E-state index in [0.717, 1.165) is 0 Å². The van der Waals surface area contributed by atoms with Gasteiger partial charge in [0.2, 0.25) is 0 Å². The molecule has 0 radical (unpaired) electrons. The van der Waals surface area contributed by atoms with Crippen LogP contribution in [0.15, 0.2) is 23.4 Å². The maximum Gasteiger partial charge on any atom is 0.170 e. The quantitative estimate of drug-likeness (QED) is 0.376. The van der Waals surface area contributed by atoms with Gasteiger partial charge in [0.15, 0.2) is 5.84 Å². The van der Waals surface area contributed by atoms with Gasteiger partial charge in [0.05, 0.1) is 11.6 Å². The molecule has 3 N–H and O–H groups in total. The summed E-state index contributed by atoms with van der Waals surface area (Å²) in [6.45, 7) is 0.711. The minimum atomic E-state index is 0.0393. The molecule has 1 saturated carbocycles. The molecule has 2 rings (SSSR count). The van der Waals surface area contributed by atoms with E-state index in [-0.39, 0.29) is 5.84 Å². The first-order valence-electron chi connectivity index (χ1n) is 5.61. The van der Waals surface area contributed by atoms with Gasteiger partial charge in [-0.15, -0.1) is 0 Å². The minimum Gasteiger partial charge on any atom is -0.492 e. The molecular weight excluding hydrogens is 240 g/mol. The predicted molar refractivity (Wildman–Crippen MR) is 66.8 cm³/mol. The second-order valence-corrected chi connectivity index (χ2v) is 4.65. The van der Waals surface area contributed by atoms with Crippen molar-refractivity contribution in [2.24, 2.45) is 16.8 Å². The van der Waals surface area contributed by atoms with Gasteiger partial charge >= 0.3 is 0 Å². The maximum absolute atomic E-state index is 8.55. The first kappa shape index (κ1) is 12.0. The lowest BCUT2D eigenvalue weighted by Crippen LogP contribution is -2.19. The molecule has 1 fully saturated rings. The van der Waals surface area contributed by atoms with Crippen molar-refractivity contribution in [1.82, 2.24) is 0 Å². The highest BCUT2D eigenvalue weighted by Crippen LogP contribution is 2.30. The molecule has 0 heterocycles. The summed E-state index contributed by atoms with van der Waals surface area (Å²) in [5.74, 6) is 1.35. The van der Waals surface area contributed by atoms with Crippen LogP contribution in [0.5, 0.6) is 5.75 Å². The topological polar surface area (TPSA) is 67.8 Å². The van der Waals surface area contributed by atoms with Gasteiger partial charge in [-0.25, -0.2) is 0 Å². The van der Waals surface area contributed by atoms with E-state index in [4.69, 9.17) is 27.3 Å². The van der Waals surface area contributed by atoms with Crippen LogP contribution in [-0.4, -0.2) is 17.6 Å². The fourth-order valence-corrected chi connectivity index (χ4v) is 1.94. The summed E-state index contributed by atoms with van der Waals surface area (Å²) in [7, 11) is 0. The summed E-state index contributed by atoms with van der Waals surface area (Å²) < 4.78 is 5.63. The third-order valence-electron chi connectivity index (χ3n) is 3.03. The highest BCUT2D eigenvalue weighted by molar-refractivity contribution is 6.32. The highest BCUT2D eigenvalue weighted by atomic mass is 35.5. The van der Waals surface area contributed by atoms with Crippen molar-refractivity contribution in [2.75, 3.05) is 6.61 Å². The first-order chi connectivity index (χ1) is 8.20. The molecule has 92 valence electrons. The summed E-state index contributed by atoms with van der Waals surface area (Å²) in [6.07, 6.45) is 3.77. The smallest absolute Gasteiger partial charge is 0.170 e. The Hall–Kier alpha value is -1.42. The van der Waals surface area contributed by atoms with Crippen LogP contribution in [0.4, 0.5) is 0 Å². The zero-order valence-corrected chi connectivity index (χ0v) is 10.2. The molecule has 1 aromatic rings. The molecular formula is C12H15ClN2O2. The van der Waals surface area contributed by atoms with Crippen LogP contribution < -0.4 is 10.5 Å². The van der Waals surface area contributed by atoms with Crippen LogP contribution in [0.1, 0.15) is 24.8 Å². The van der Waals surface area contributed by atoms with E-state index in [1.165, 1.54) is 19.3 Å². The van der Waals surface area contributed by atoms with Crippen molar-refractivity contribution >= 4 is 17.4 Å². The molecule has 17 heavy (non-hydrogen) atoms. The van der Waals surface area contributed by atoms with Crippen LogP contribution in [0, 0.1) is 5.92 Å². The third-order valence-corrected chi connectivity index (χ3v) is 3.33. The molecule has 0 atom stereocenters. The third kappa shape index (κ3) is 2.82. The zero-order valence-electron chi connectivity index (χ0n) is 9.40.